The number of amides is 2. The third-order valence-corrected chi connectivity index (χ3v) is 2.31. The third kappa shape index (κ3) is 5.39. The summed E-state index contributed by atoms with van der Waals surface area (Å²) in [6.45, 7) is 4.59. The van der Waals surface area contributed by atoms with Crippen molar-refractivity contribution in [2.75, 3.05) is 7.11 Å². The van der Waals surface area contributed by atoms with Crippen LogP contribution in [-0.4, -0.2) is 13.1 Å². The second-order valence-electron chi connectivity index (χ2n) is 4.28. The number of methoxy groups -OCH3 is 1. The second kappa shape index (κ2) is 7.37. The fourth-order valence-electron chi connectivity index (χ4n) is 1.29. The molecule has 4 nitrogen and oxygen atoms in total. The van der Waals surface area contributed by atoms with Crippen molar-refractivity contribution in [2.24, 2.45) is 5.92 Å². The molecular weight excluding hydrogens is 228 g/mol. The number of carbonyl (C=O) groups is 1. The molecule has 2 N–H and O–H groups in total. The van der Waals surface area contributed by atoms with E-state index in [1.807, 2.05) is 44.2 Å². The molecule has 0 aromatic heterocycles. The van der Waals surface area contributed by atoms with Crippen molar-refractivity contribution in [3.05, 3.63) is 42.1 Å². The van der Waals surface area contributed by atoms with Crippen LogP contribution in [0.1, 0.15) is 19.4 Å². The van der Waals surface area contributed by atoms with Crippen LogP contribution in [0.4, 0.5) is 4.79 Å². The average molecular weight is 248 g/mol. The summed E-state index contributed by atoms with van der Waals surface area (Å²) in [6.07, 6.45) is 3.58. The van der Waals surface area contributed by atoms with Gasteiger partial charge in [0.15, 0.2) is 0 Å². The van der Waals surface area contributed by atoms with Crippen LogP contribution in [0.5, 0.6) is 5.75 Å². The minimum absolute atomic E-state index is 0.206. The van der Waals surface area contributed by atoms with E-state index < -0.39 is 0 Å². The van der Waals surface area contributed by atoms with Gasteiger partial charge in [-0.25, -0.2) is 4.79 Å². The molecule has 1 rings (SSSR count). The highest BCUT2D eigenvalue weighted by Gasteiger charge is 1.98. The number of hydrogen-bond donors (Lipinski definition) is 2. The standard InChI is InChI=1S/C14H20N2O2/c1-11(2)8-9-15-14(17)16-10-12-4-6-13(18-3)7-5-12/h4-9,11H,10H2,1-3H3,(H2,15,16,17)/b9-8+. The van der Waals surface area contributed by atoms with Gasteiger partial charge in [0, 0.05) is 12.7 Å². The van der Waals surface area contributed by atoms with Crippen LogP contribution >= 0.6 is 0 Å². The minimum Gasteiger partial charge on any atom is -0.497 e. The van der Waals surface area contributed by atoms with Crippen LogP contribution in [0.15, 0.2) is 36.5 Å². The van der Waals surface area contributed by atoms with E-state index in [-0.39, 0.29) is 6.03 Å². The maximum Gasteiger partial charge on any atom is 0.319 e. The Bertz CT molecular complexity index is 397. The number of allylic oxidation sites excluding steroid dienone is 1. The highest BCUT2D eigenvalue weighted by Crippen LogP contribution is 2.10. The van der Waals surface area contributed by atoms with Crippen LogP contribution in [0.2, 0.25) is 0 Å². The summed E-state index contributed by atoms with van der Waals surface area (Å²) in [5.41, 5.74) is 1.03. The summed E-state index contributed by atoms with van der Waals surface area (Å²) >= 11 is 0. The van der Waals surface area contributed by atoms with E-state index in [1.54, 1.807) is 13.3 Å². The largest absolute Gasteiger partial charge is 0.497 e. The van der Waals surface area contributed by atoms with E-state index in [9.17, 15) is 4.79 Å². The summed E-state index contributed by atoms with van der Waals surface area (Å²) < 4.78 is 5.06. The SMILES string of the molecule is COc1ccc(CNC(=O)N/C=C/C(C)C)cc1. The van der Waals surface area contributed by atoms with Gasteiger partial charge in [0.05, 0.1) is 7.11 Å². The minimum atomic E-state index is -0.206. The number of rotatable bonds is 5. The molecule has 0 saturated heterocycles. The van der Waals surface area contributed by atoms with Gasteiger partial charge in [0.1, 0.15) is 5.75 Å². The van der Waals surface area contributed by atoms with Crippen molar-refractivity contribution in [3.63, 3.8) is 0 Å². The van der Waals surface area contributed by atoms with Gasteiger partial charge in [-0.3, -0.25) is 0 Å². The molecule has 18 heavy (non-hydrogen) atoms. The van der Waals surface area contributed by atoms with Crippen molar-refractivity contribution >= 4 is 6.03 Å². The maximum absolute atomic E-state index is 11.4. The van der Waals surface area contributed by atoms with Crippen LogP contribution < -0.4 is 15.4 Å². The lowest BCUT2D eigenvalue weighted by Crippen LogP contribution is -2.31. The van der Waals surface area contributed by atoms with Crippen molar-refractivity contribution in [3.8, 4) is 5.75 Å². The lowest BCUT2D eigenvalue weighted by Gasteiger charge is -2.06. The van der Waals surface area contributed by atoms with Crippen molar-refractivity contribution < 1.29 is 9.53 Å². The van der Waals surface area contributed by atoms with Gasteiger partial charge in [0.2, 0.25) is 0 Å². The van der Waals surface area contributed by atoms with E-state index in [4.69, 9.17) is 4.74 Å². The van der Waals surface area contributed by atoms with Crippen molar-refractivity contribution in [1.29, 1.82) is 0 Å². The molecule has 0 atom stereocenters. The fraction of sp³-hybridized carbons (Fsp3) is 0.357. The molecule has 0 fully saturated rings. The summed E-state index contributed by atoms with van der Waals surface area (Å²) in [4.78, 5) is 11.4. The molecule has 0 spiro atoms. The Hall–Kier alpha value is -1.97. The van der Waals surface area contributed by atoms with Gasteiger partial charge >= 0.3 is 6.03 Å². The molecule has 1 aromatic rings. The quantitative estimate of drug-likeness (QED) is 0.841. The van der Waals surface area contributed by atoms with E-state index in [1.165, 1.54) is 0 Å². The van der Waals surface area contributed by atoms with Gasteiger partial charge in [-0.1, -0.05) is 32.1 Å². The molecule has 0 aliphatic carbocycles. The molecule has 0 aliphatic heterocycles. The zero-order valence-electron chi connectivity index (χ0n) is 11.1. The number of nitrogens with one attached hydrogen (secondary N) is 2. The molecular formula is C14H20N2O2. The maximum atomic E-state index is 11.4. The molecule has 0 saturated carbocycles. The average Bonchev–Trinajstić information content (AvgIpc) is 2.36. The first-order valence-corrected chi connectivity index (χ1v) is 5.96. The Kier molecular flexibility index (Phi) is 5.77. The first-order valence-electron chi connectivity index (χ1n) is 5.96. The number of carbonyl (C=O) groups excluding carboxylic acids is 1. The number of ether oxygens (including phenoxy) is 1. The lowest BCUT2D eigenvalue weighted by molar-refractivity contribution is 0.243. The molecule has 2 amide bonds. The fourth-order valence-corrected chi connectivity index (χ4v) is 1.29. The highest BCUT2D eigenvalue weighted by molar-refractivity contribution is 5.74. The van der Waals surface area contributed by atoms with Crippen LogP contribution in [-0.2, 0) is 6.54 Å². The summed E-state index contributed by atoms with van der Waals surface area (Å²) in [7, 11) is 1.63. The second-order valence-corrected chi connectivity index (χ2v) is 4.28. The van der Waals surface area contributed by atoms with Crippen LogP contribution in [0.25, 0.3) is 0 Å². The first-order chi connectivity index (χ1) is 8.61. The highest BCUT2D eigenvalue weighted by atomic mass is 16.5. The predicted octanol–water partition coefficient (Wildman–Crippen LogP) is 2.66. The summed E-state index contributed by atoms with van der Waals surface area (Å²) in [5.74, 6) is 1.23. The van der Waals surface area contributed by atoms with E-state index in [0.29, 0.717) is 12.5 Å². The monoisotopic (exact) mass is 248 g/mol. The van der Waals surface area contributed by atoms with Crippen molar-refractivity contribution in [1.82, 2.24) is 10.6 Å². The van der Waals surface area contributed by atoms with E-state index in [0.717, 1.165) is 11.3 Å². The number of hydrogen-bond acceptors (Lipinski definition) is 2. The predicted molar refractivity (Wildman–Crippen MR) is 72.3 cm³/mol. The topological polar surface area (TPSA) is 50.4 Å². The third-order valence-electron chi connectivity index (χ3n) is 2.31. The molecule has 0 radical (unpaired) electrons. The number of benzene rings is 1. The molecule has 0 bridgehead atoms. The van der Waals surface area contributed by atoms with E-state index >= 15 is 0 Å². The summed E-state index contributed by atoms with van der Waals surface area (Å²) in [5, 5.41) is 5.42. The van der Waals surface area contributed by atoms with Gasteiger partial charge in [-0.15, -0.1) is 0 Å². The summed E-state index contributed by atoms with van der Waals surface area (Å²) in [6, 6.07) is 7.37. The van der Waals surface area contributed by atoms with Gasteiger partial charge in [-0.2, -0.15) is 0 Å². The number of urea groups is 1. The van der Waals surface area contributed by atoms with E-state index in [2.05, 4.69) is 10.6 Å². The van der Waals surface area contributed by atoms with Crippen LogP contribution in [0.3, 0.4) is 0 Å². The van der Waals surface area contributed by atoms with Crippen LogP contribution in [0, 0.1) is 5.92 Å². The molecule has 98 valence electrons. The van der Waals surface area contributed by atoms with Gasteiger partial charge in [0.25, 0.3) is 0 Å². The molecule has 0 aliphatic rings. The smallest absolute Gasteiger partial charge is 0.319 e. The zero-order chi connectivity index (χ0) is 13.4. The first kappa shape index (κ1) is 14.1. The Balaban J connectivity index is 2.33. The molecule has 1 aromatic carbocycles. The normalized spacial score (nSPS) is 10.7. The Morgan fingerprint density at radius 3 is 2.56 bits per heavy atom. The molecule has 0 unspecified atom stereocenters. The Labute approximate surface area is 108 Å². The van der Waals surface area contributed by atoms with Gasteiger partial charge < -0.3 is 15.4 Å². The van der Waals surface area contributed by atoms with Crippen molar-refractivity contribution in [2.45, 2.75) is 20.4 Å². The Morgan fingerprint density at radius 1 is 1.33 bits per heavy atom. The molecule has 0 heterocycles. The Morgan fingerprint density at radius 2 is 2.00 bits per heavy atom. The lowest BCUT2D eigenvalue weighted by atomic mass is 10.2. The molecule has 4 heteroatoms. The van der Waals surface area contributed by atoms with Gasteiger partial charge in [-0.05, 0) is 23.6 Å². The zero-order valence-corrected chi connectivity index (χ0v) is 11.1.